The fourth-order valence-corrected chi connectivity index (χ4v) is 19.1. The molecule has 0 heterocycles. The summed E-state index contributed by atoms with van der Waals surface area (Å²) in [5, 5.41) is 0. The van der Waals surface area contributed by atoms with Crippen molar-refractivity contribution in [1.82, 2.24) is 0 Å². The third-order valence-electron chi connectivity index (χ3n) is 20.8. The van der Waals surface area contributed by atoms with E-state index in [-0.39, 0.29) is 0 Å². The first kappa shape index (κ1) is 50.4. The van der Waals surface area contributed by atoms with E-state index in [0.717, 1.165) is 130 Å². The van der Waals surface area contributed by atoms with Crippen LogP contribution in [0, 0.1) is 136 Å². The third-order valence-corrected chi connectivity index (χ3v) is 20.8. The molecule has 0 nitrogen and oxygen atoms in total. The summed E-state index contributed by atoms with van der Waals surface area (Å²) < 4.78 is 0. The van der Waals surface area contributed by atoms with Crippen molar-refractivity contribution < 1.29 is 0 Å². The molecule has 6 fully saturated rings. The molecule has 356 valence electrons. The number of rotatable bonds is 19. The van der Waals surface area contributed by atoms with Gasteiger partial charge in [-0.3, -0.25) is 0 Å². The quantitative estimate of drug-likeness (QED) is 0.122. The van der Waals surface area contributed by atoms with Gasteiger partial charge in [-0.1, -0.05) is 135 Å². The first-order chi connectivity index (χ1) is 28.8. The molecule has 0 aromatic heterocycles. The van der Waals surface area contributed by atoms with Gasteiger partial charge in [0, 0.05) is 0 Å². The molecule has 6 aliphatic rings. The predicted molar refractivity (Wildman–Crippen MR) is 269 cm³/mol. The van der Waals surface area contributed by atoms with Crippen molar-refractivity contribution in [2.75, 3.05) is 0 Å². The summed E-state index contributed by atoms with van der Waals surface area (Å²) in [5.41, 5.74) is 0.470. The number of hydrogen-bond acceptors (Lipinski definition) is 0. The molecule has 0 N–H and O–H groups in total. The van der Waals surface area contributed by atoms with Gasteiger partial charge in [-0.25, -0.2) is 0 Å². The van der Waals surface area contributed by atoms with Crippen LogP contribution in [0.15, 0.2) is 0 Å². The maximum Gasteiger partial charge on any atom is -0.0321 e. The van der Waals surface area contributed by atoms with Gasteiger partial charge in [-0.2, -0.15) is 0 Å². The molecule has 0 amide bonds. The van der Waals surface area contributed by atoms with Crippen molar-refractivity contribution in [3.8, 4) is 0 Å². The molecular formula is C61H112. The lowest BCUT2D eigenvalue weighted by Gasteiger charge is -2.45. The lowest BCUT2D eigenvalue weighted by molar-refractivity contribution is 0.0520. The van der Waals surface area contributed by atoms with E-state index < -0.39 is 0 Å². The fourth-order valence-electron chi connectivity index (χ4n) is 19.1. The van der Waals surface area contributed by atoms with Gasteiger partial charge in [-0.05, 0) is 251 Å². The Labute approximate surface area is 385 Å². The first-order valence-corrected chi connectivity index (χ1v) is 28.8. The van der Waals surface area contributed by atoms with Crippen LogP contribution in [0.4, 0.5) is 0 Å². The van der Waals surface area contributed by atoms with Crippen molar-refractivity contribution in [1.29, 1.82) is 0 Å². The molecule has 0 radical (unpaired) electrons. The highest BCUT2D eigenvalue weighted by Crippen LogP contribution is 2.60. The van der Waals surface area contributed by atoms with Gasteiger partial charge in [0.1, 0.15) is 0 Å². The van der Waals surface area contributed by atoms with Crippen LogP contribution in [-0.2, 0) is 0 Å². The van der Waals surface area contributed by atoms with E-state index in [1.165, 1.54) is 109 Å². The second-order valence-electron chi connectivity index (χ2n) is 28.4. The Bertz CT molecular complexity index is 1260. The Morgan fingerprint density at radius 2 is 0.885 bits per heavy atom. The summed E-state index contributed by atoms with van der Waals surface area (Å²) in [4.78, 5) is 0. The summed E-state index contributed by atoms with van der Waals surface area (Å²) in [7, 11) is 0. The van der Waals surface area contributed by atoms with Crippen LogP contribution in [0.1, 0.15) is 251 Å². The van der Waals surface area contributed by atoms with E-state index >= 15 is 0 Å². The maximum absolute atomic E-state index is 2.72. The van der Waals surface area contributed by atoms with Crippen molar-refractivity contribution in [2.45, 2.75) is 251 Å². The SMILES string of the molecule is CC(CCCC1CC(C)CC(C2CC(C)CC(C3CCCC(C)C3)C2)C1)CC(C)CC(C)CC(C)CC(C)CC(C)(C)C1CC(C)CC1C1CC(C)CC1C1CC(C)CC1C. The average molecular weight is 846 g/mol. The average Bonchev–Trinajstić information content (AvgIpc) is 3.85. The second-order valence-corrected chi connectivity index (χ2v) is 28.4. The third kappa shape index (κ3) is 14.3. The van der Waals surface area contributed by atoms with Crippen LogP contribution < -0.4 is 0 Å². The topological polar surface area (TPSA) is 0 Å². The van der Waals surface area contributed by atoms with E-state index in [0.29, 0.717) is 5.41 Å². The van der Waals surface area contributed by atoms with Crippen LogP contribution in [0.5, 0.6) is 0 Å². The monoisotopic (exact) mass is 845 g/mol. The predicted octanol–water partition coefficient (Wildman–Crippen LogP) is 19.3. The minimum atomic E-state index is 0.470. The normalized spacial score (nSPS) is 43.9. The Hall–Kier alpha value is 0. The van der Waals surface area contributed by atoms with Crippen LogP contribution in [-0.4, -0.2) is 0 Å². The van der Waals surface area contributed by atoms with Crippen molar-refractivity contribution >= 4 is 0 Å². The molecule has 0 aromatic rings. The van der Waals surface area contributed by atoms with E-state index in [2.05, 4.69) is 96.9 Å². The van der Waals surface area contributed by atoms with E-state index in [4.69, 9.17) is 0 Å². The zero-order valence-electron chi connectivity index (χ0n) is 44.2. The summed E-state index contributed by atoms with van der Waals surface area (Å²) in [6.45, 7) is 36.7. The zero-order chi connectivity index (χ0) is 44.2. The molecule has 6 aliphatic carbocycles. The largest absolute Gasteiger partial charge is 0.0625 e. The molecule has 6 rings (SSSR count). The van der Waals surface area contributed by atoms with Crippen molar-refractivity contribution in [2.24, 2.45) is 136 Å². The summed E-state index contributed by atoms with van der Waals surface area (Å²) in [5.74, 6) is 21.2. The van der Waals surface area contributed by atoms with Crippen LogP contribution in [0.3, 0.4) is 0 Å². The fraction of sp³-hybridized carbons (Fsp3) is 1.00. The molecule has 0 aliphatic heterocycles. The molecular weight excluding hydrogens is 733 g/mol. The van der Waals surface area contributed by atoms with Gasteiger partial charge < -0.3 is 0 Å². The summed E-state index contributed by atoms with van der Waals surface area (Å²) >= 11 is 0. The van der Waals surface area contributed by atoms with E-state index in [1.54, 1.807) is 44.9 Å². The lowest BCUT2D eigenvalue weighted by atomic mass is 9.60. The Morgan fingerprint density at radius 1 is 0.410 bits per heavy atom. The minimum Gasteiger partial charge on any atom is -0.0625 e. The molecule has 6 saturated carbocycles. The van der Waals surface area contributed by atoms with Crippen molar-refractivity contribution in [3.63, 3.8) is 0 Å². The highest BCUT2D eigenvalue weighted by Gasteiger charge is 2.51. The van der Waals surface area contributed by atoms with Gasteiger partial charge in [0.2, 0.25) is 0 Å². The van der Waals surface area contributed by atoms with E-state index in [1.807, 2.05) is 0 Å². The van der Waals surface area contributed by atoms with E-state index in [9.17, 15) is 0 Å². The summed E-state index contributed by atoms with van der Waals surface area (Å²) in [6, 6.07) is 0. The van der Waals surface area contributed by atoms with Crippen LogP contribution in [0.25, 0.3) is 0 Å². The summed E-state index contributed by atoms with van der Waals surface area (Å²) in [6.07, 6.45) is 36.2. The van der Waals surface area contributed by atoms with Crippen LogP contribution in [0.2, 0.25) is 0 Å². The Morgan fingerprint density at radius 3 is 1.51 bits per heavy atom. The molecule has 0 aromatic carbocycles. The first-order valence-electron chi connectivity index (χ1n) is 28.8. The van der Waals surface area contributed by atoms with Crippen LogP contribution >= 0.6 is 0 Å². The Kier molecular flexibility index (Phi) is 18.7. The lowest BCUT2D eigenvalue weighted by Crippen LogP contribution is -2.35. The highest BCUT2D eigenvalue weighted by atomic mass is 14.6. The Balaban J connectivity index is 0.888. The molecule has 61 heavy (non-hydrogen) atoms. The number of hydrogen-bond donors (Lipinski definition) is 0. The molecule has 0 bridgehead atoms. The standard InChI is InChI=1S/C61H112/c1-39(17-15-19-51-26-45(7)28-53(36-51)55-30-46(8)29-54(37-55)52-20-16-18-40(2)27-52)21-41(3)22-42(4)23-43(5)24-49(11)38-61(13,14)60-35-48(10)34-59(60)58-33-47(9)32-57(58)56-31-44(6)25-50(56)12/h39-60H,15-38H2,1-14H3. The van der Waals surface area contributed by atoms with Gasteiger partial charge in [0.15, 0.2) is 0 Å². The molecule has 22 unspecified atom stereocenters. The van der Waals surface area contributed by atoms with Gasteiger partial charge >= 0.3 is 0 Å². The molecule has 22 atom stereocenters. The van der Waals surface area contributed by atoms with Gasteiger partial charge in [0.05, 0.1) is 0 Å². The molecule has 0 saturated heterocycles. The smallest absolute Gasteiger partial charge is 0.0321 e. The minimum absolute atomic E-state index is 0.470. The zero-order valence-corrected chi connectivity index (χ0v) is 44.2. The molecule has 0 spiro atoms. The van der Waals surface area contributed by atoms with Gasteiger partial charge in [0.25, 0.3) is 0 Å². The maximum atomic E-state index is 2.72. The highest BCUT2D eigenvalue weighted by molar-refractivity contribution is 5.01. The second kappa shape index (κ2) is 22.7. The van der Waals surface area contributed by atoms with Gasteiger partial charge in [-0.15, -0.1) is 0 Å². The van der Waals surface area contributed by atoms with Crippen molar-refractivity contribution in [3.05, 3.63) is 0 Å². The molecule has 0 heteroatoms.